The van der Waals surface area contributed by atoms with Crippen LogP contribution in [-0.2, 0) is 25.4 Å². The van der Waals surface area contributed by atoms with E-state index in [-0.39, 0.29) is 0 Å². The minimum atomic E-state index is 0.378. The van der Waals surface area contributed by atoms with E-state index in [0.29, 0.717) is 24.4 Å². The average Bonchev–Trinajstić information content (AvgIpc) is 3.58. The topological polar surface area (TPSA) is 56.6 Å². The van der Waals surface area contributed by atoms with Crippen molar-refractivity contribution < 1.29 is 18.9 Å². The smallest absolute Gasteiger partial charge is 0.0984 e. The second-order valence-electron chi connectivity index (χ2n) is 9.49. The predicted molar refractivity (Wildman–Crippen MR) is 118 cm³/mol. The standard InChI is InChI=1S/C25H28N2O4/c1-3-24-16(6-18(1)26(8-20-12-28-20)9-21-13-29-21)5-17-7-19(2-4-25(17)24)27(10-22-14-30-22)11-23-15-31-23/h1-4,6-7,20-23H,5,8-15H2. The van der Waals surface area contributed by atoms with Crippen molar-refractivity contribution in [1.29, 1.82) is 0 Å². The van der Waals surface area contributed by atoms with E-state index in [1.165, 1.54) is 33.6 Å². The Morgan fingerprint density at radius 2 is 0.935 bits per heavy atom. The number of rotatable bonds is 10. The molecule has 6 nitrogen and oxygen atoms in total. The molecule has 162 valence electrons. The first kappa shape index (κ1) is 18.5. The van der Waals surface area contributed by atoms with Crippen molar-refractivity contribution in [3.05, 3.63) is 47.5 Å². The quantitative estimate of drug-likeness (QED) is 0.470. The number of epoxide rings is 4. The lowest BCUT2D eigenvalue weighted by molar-refractivity contribution is 0.388. The molecule has 5 aliphatic rings. The van der Waals surface area contributed by atoms with Crippen LogP contribution >= 0.6 is 0 Å². The number of fused-ring (bicyclic) bond motifs is 3. The van der Waals surface area contributed by atoms with E-state index in [0.717, 1.165) is 59.0 Å². The molecule has 0 spiro atoms. The molecule has 4 atom stereocenters. The van der Waals surface area contributed by atoms with Gasteiger partial charge in [-0.15, -0.1) is 0 Å². The zero-order chi connectivity index (χ0) is 20.4. The summed E-state index contributed by atoms with van der Waals surface area (Å²) in [6.07, 6.45) is 2.51. The summed E-state index contributed by atoms with van der Waals surface area (Å²) >= 11 is 0. The summed E-state index contributed by atoms with van der Waals surface area (Å²) in [5.74, 6) is 0. The molecule has 4 unspecified atom stereocenters. The highest BCUT2D eigenvalue weighted by atomic mass is 16.6. The molecule has 4 fully saturated rings. The van der Waals surface area contributed by atoms with Crippen LogP contribution in [0.15, 0.2) is 36.4 Å². The molecule has 0 saturated carbocycles. The maximum atomic E-state index is 5.50. The molecule has 2 aromatic rings. The second-order valence-corrected chi connectivity index (χ2v) is 9.49. The molecule has 0 bridgehead atoms. The second kappa shape index (κ2) is 7.20. The summed E-state index contributed by atoms with van der Waals surface area (Å²) in [5, 5.41) is 0. The number of hydrogen-bond donors (Lipinski definition) is 0. The van der Waals surface area contributed by atoms with Crippen molar-refractivity contribution in [2.75, 3.05) is 62.4 Å². The van der Waals surface area contributed by atoms with Gasteiger partial charge in [0.05, 0.1) is 50.8 Å². The monoisotopic (exact) mass is 420 g/mol. The summed E-state index contributed by atoms with van der Waals surface area (Å²) in [6, 6.07) is 13.9. The molecule has 7 rings (SSSR count). The third-order valence-corrected chi connectivity index (χ3v) is 6.88. The van der Waals surface area contributed by atoms with Crippen molar-refractivity contribution >= 4 is 11.4 Å². The summed E-state index contributed by atoms with van der Waals surface area (Å²) in [4.78, 5) is 4.88. The van der Waals surface area contributed by atoms with Gasteiger partial charge in [0.2, 0.25) is 0 Å². The molecule has 0 N–H and O–H groups in total. The van der Waals surface area contributed by atoms with Crippen LogP contribution in [0.1, 0.15) is 11.1 Å². The molecule has 4 saturated heterocycles. The number of benzene rings is 2. The van der Waals surface area contributed by atoms with Crippen LogP contribution in [0.2, 0.25) is 0 Å². The number of hydrogen-bond acceptors (Lipinski definition) is 6. The molecule has 2 aromatic carbocycles. The first-order chi connectivity index (χ1) is 15.3. The minimum Gasteiger partial charge on any atom is -0.371 e. The summed E-state index contributed by atoms with van der Waals surface area (Å²) < 4.78 is 22.0. The molecule has 4 heterocycles. The molecule has 0 amide bonds. The Hall–Kier alpha value is -2.12. The van der Waals surface area contributed by atoms with Crippen molar-refractivity contribution in [3.63, 3.8) is 0 Å². The van der Waals surface area contributed by atoms with Gasteiger partial charge >= 0.3 is 0 Å². The fourth-order valence-corrected chi connectivity index (χ4v) is 4.82. The Kier molecular flexibility index (Phi) is 4.29. The van der Waals surface area contributed by atoms with E-state index >= 15 is 0 Å². The Balaban J connectivity index is 1.13. The fraction of sp³-hybridized carbons (Fsp3) is 0.520. The van der Waals surface area contributed by atoms with Crippen LogP contribution in [0.25, 0.3) is 11.1 Å². The molecular weight excluding hydrogens is 392 g/mol. The third kappa shape index (κ3) is 4.05. The molecule has 0 aromatic heterocycles. The van der Waals surface area contributed by atoms with Gasteiger partial charge in [-0.25, -0.2) is 0 Å². The van der Waals surface area contributed by atoms with Crippen molar-refractivity contribution in [1.82, 2.24) is 0 Å². The Morgan fingerprint density at radius 1 is 0.581 bits per heavy atom. The fourth-order valence-electron chi connectivity index (χ4n) is 4.82. The van der Waals surface area contributed by atoms with E-state index in [1.54, 1.807) is 0 Å². The van der Waals surface area contributed by atoms with Crippen molar-refractivity contribution in [3.8, 4) is 11.1 Å². The maximum absolute atomic E-state index is 5.50. The van der Waals surface area contributed by atoms with Crippen LogP contribution < -0.4 is 9.80 Å². The van der Waals surface area contributed by atoms with Gasteiger partial charge in [-0.05, 0) is 52.9 Å². The molecule has 4 aliphatic heterocycles. The van der Waals surface area contributed by atoms with E-state index in [2.05, 4.69) is 46.2 Å². The van der Waals surface area contributed by atoms with Crippen molar-refractivity contribution in [2.45, 2.75) is 30.8 Å². The molecule has 0 radical (unpaired) electrons. The lowest BCUT2D eigenvalue weighted by atomic mass is 10.0. The van der Waals surface area contributed by atoms with Gasteiger partial charge in [-0.3, -0.25) is 0 Å². The lowest BCUT2D eigenvalue weighted by Gasteiger charge is -2.24. The summed E-state index contributed by atoms with van der Waals surface area (Å²) in [5.41, 5.74) is 8.17. The SMILES string of the molecule is c1cc2c(cc1N(CC1CO1)CC1CO1)Cc1cc(N(CC3CO3)CC3CO3)ccc1-2. The zero-order valence-electron chi connectivity index (χ0n) is 17.7. The zero-order valence-corrected chi connectivity index (χ0v) is 17.7. The third-order valence-electron chi connectivity index (χ3n) is 6.88. The molecular formula is C25H28N2O4. The Morgan fingerprint density at radius 3 is 1.26 bits per heavy atom. The van der Waals surface area contributed by atoms with E-state index in [4.69, 9.17) is 18.9 Å². The largest absolute Gasteiger partial charge is 0.371 e. The van der Waals surface area contributed by atoms with Gasteiger partial charge in [0.25, 0.3) is 0 Å². The number of nitrogens with zero attached hydrogens (tertiary/aromatic N) is 2. The van der Waals surface area contributed by atoms with Gasteiger partial charge in [-0.1, -0.05) is 12.1 Å². The highest BCUT2D eigenvalue weighted by Crippen LogP contribution is 2.41. The van der Waals surface area contributed by atoms with Gasteiger partial charge in [-0.2, -0.15) is 0 Å². The Labute approximate surface area is 182 Å². The molecule has 6 heteroatoms. The van der Waals surface area contributed by atoms with Crippen LogP contribution in [0, 0.1) is 0 Å². The summed E-state index contributed by atoms with van der Waals surface area (Å²) in [7, 11) is 0. The maximum Gasteiger partial charge on any atom is 0.0984 e. The Bertz CT molecular complexity index is 888. The van der Waals surface area contributed by atoms with E-state index < -0.39 is 0 Å². The summed E-state index contributed by atoms with van der Waals surface area (Å²) in [6.45, 7) is 7.36. The van der Waals surface area contributed by atoms with Crippen LogP contribution in [-0.4, -0.2) is 77.0 Å². The first-order valence-electron chi connectivity index (χ1n) is 11.5. The van der Waals surface area contributed by atoms with Gasteiger partial charge < -0.3 is 28.7 Å². The van der Waals surface area contributed by atoms with E-state index in [1.807, 2.05) is 0 Å². The highest BCUT2D eigenvalue weighted by molar-refractivity contribution is 5.80. The highest BCUT2D eigenvalue weighted by Gasteiger charge is 2.33. The minimum absolute atomic E-state index is 0.378. The first-order valence-corrected chi connectivity index (χ1v) is 11.5. The predicted octanol–water partition coefficient (Wildman–Crippen LogP) is 2.47. The van der Waals surface area contributed by atoms with Gasteiger partial charge in [0.1, 0.15) is 0 Å². The van der Waals surface area contributed by atoms with Crippen LogP contribution in [0.4, 0.5) is 11.4 Å². The van der Waals surface area contributed by atoms with Gasteiger partial charge in [0.15, 0.2) is 0 Å². The van der Waals surface area contributed by atoms with Crippen LogP contribution in [0.5, 0.6) is 0 Å². The lowest BCUT2D eigenvalue weighted by Crippen LogP contribution is -2.31. The van der Waals surface area contributed by atoms with Crippen molar-refractivity contribution in [2.24, 2.45) is 0 Å². The van der Waals surface area contributed by atoms with Crippen LogP contribution in [0.3, 0.4) is 0 Å². The molecule has 31 heavy (non-hydrogen) atoms. The molecule has 1 aliphatic carbocycles. The van der Waals surface area contributed by atoms with Gasteiger partial charge in [0, 0.05) is 37.6 Å². The number of anilines is 2. The normalized spacial score (nSPS) is 28.6. The average molecular weight is 421 g/mol. The number of ether oxygens (including phenoxy) is 4. The van der Waals surface area contributed by atoms with E-state index in [9.17, 15) is 0 Å².